The number of benzene rings is 1. The Hall–Kier alpha value is -1.56. The highest BCUT2D eigenvalue weighted by molar-refractivity contribution is 7.16. The third-order valence-corrected chi connectivity index (χ3v) is 3.93. The maximum absolute atomic E-state index is 11.9. The molecule has 0 unspecified atom stereocenters. The summed E-state index contributed by atoms with van der Waals surface area (Å²) in [4.78, 5) is 12.8. The standard InChI is InChI=1S/C14H14ClNO3S/c1-19-12-4-2-10(6-9(12)8-17)16-14(18)7-11-3-5-13(15)20-11/h2-6,17H,7-8H2,1H3,(H,16,18). The lowest BCUT2D eigenvalue weighted by Crippen LogP contribution is -2.13. The van der Waals surface area contributed by atoms with Crippen molar-refractivity contribution >= 4 is 34.5 Å². The van der Waals surface area contributed by atoms with Crippen molar-refractivity contribution in [3.63, 3.8) is 0 Å². The molecule has 0 aliphatic heterocycles. The quantitative estimate of drug-likeness (QED) is 0.892. The van der Waals surface area contributed by atoms with Crippen LogP contribution in [-0.2, 0) is 17.8 Å². The average Bonchev–Trinajstić information content (AvgIpc) is 2.83. The first-order valence-corrected chi connectivity index (χ1v) is 7.13. The van der Waals surface area contributed by atoms with E-state index in [0.29, 0.717) is 21.3 Å². The van der Waals surface area contributed by atoms with Gasteiger partial charge in [0.25, 0.3) is 0 Å². The van der Waals surface area contributed by atoms with Crippen LogP contribution in [0.1, 0.15) is 10.4 Å². The average molecular weight is 312 g/mol. The van der Waals surface area contributed by atoms with Crippen molar-refractivity contribution in [2.75, 3.05) is 12.4 Å². The summed E-state index contributed by atoms with van der Waals surface area (Å²) in [7, 11) is 1.54. The molecule has 1 heterocycles. The Balaban J connectivity index is 2.04. The number of anilines is 1. The number of carbonyl (C=O) groups excluding carboxylic acids is 1. The molecule has 2 rings (SSSR count). The Morgan fingerprint density at radius 3 is 2.80 bits per heavy atom. The molecule has 2 N–H and O–H groups in total. The van der Waals surface area contributed by atoms with E-state index < -0.39 is 0 Å². The second kappa shape index (κ2) is 6.74. The number of rotatable bonds is 5. The largest absolute Gasteiger partial charge is 0.496 e. The van der Waals surface area contributed by atoms with Crippen molar-refractivity contribution in [3.05, 3.63) is 45.1 Å². The molecule has 0 saturated heterocycles. The van der Waals surface area contributed by atoms with E-state index in [-0.39, 0.29) is 18.9 Å². The molecule has 20 heavy (non-hydrogen) atoms. The molecule has 1 amide bonds. The molecule has 0 saturated carbocycles. The third-order valence-electron chi connectivity index (χ3n) is 2.70. The summed E-state index contributed by atoms with van der Waals surface area (Å²) < 4.78 is 5.78. The van der Waals surface area contributed by atoms with E-state index in [1.807, 2.05) is 6.07 Å². The van der Waals surface area contributed by atoms with Crippen LogP contribution >= 0.6 is 22.9 Å². The van der Waals surface area contributed by atoms with Gasteiger partial charge in [-0.15, -0.1) is 11.3 Å². The van der Waals surface area contributed by atoms with E-state index in [4.69, 9.17) is 16.3 Å². The molecule has 1 aromatic heterocycles. The number of aliphatic hydroxyl groups is 1. The molecular weight excluding hydrogens is 298 g/mol. The lowest BCUT2D eigenvalue weighted by atomic mass is 10.2. The van der Waals surface area contributed by atoms with Crippen molar-refractivity contribution < 1.29 is 14.6 Å². The van der Waals surface area contributed by atoms with Gasteiger partial charge in [0.2, 0.25) is 5.91 Å². The zero-order chi connectivity index (χ0) is 14.5. The van der Waals surface area contributed by atoms with Crippen LogP contribution in [0.4, 0.5) is 5.69 Å². The summed E-state index contributed by atoms with van der Waals surface area (Å²) >= 11 is 7.21. The van der Waals surface area contributed by atoms with E-state index in [1.54, 1.807) is 24.3 Å². The van der Waals surface area contributed by atoms with Gasteiger partial charge in [-0.05, 0) is 30.3 Å². The molecule has 2 aromatic rings. The number of hydrogen-bond donors (Lipinski definition) is 2. The van der Waals surface area contributed by atoms with Gasteiger partial charge in [-0.2, -0.15) is 0 Å². The van der Waals surface area contributed by atoms with E-state index in [1.165, 1.54) is 18.4 Å². The minimum absolute atomic E-state index is 0.127. The number of halogens is 1. The topological polar surface area (TPSA) is 58.6 Å². The lowest BCUT2D eigenvalue weighted by Gasteiger charge is -2.09. The Kier molecular flexibility index (Phi) is 5.00. The van der Waals surface area contributed by atoms with Crippen LogP contribution in [0.5, 0.6) is 5.75 Å². The van der Waals surface area contributed by atoms with E-state index in [9.17, 15) is 9.90 Å². The molecule has 6 heteroatoms. The van der Waals surface area contributed by atoms with E-state index in [2.05, 4.69) is 5.32 Å². The summed E-state index contributed by atoms with van der Waals surface area (Å²) in [6.45, 7) is -0.145. The summed E-state index contributed by atoms with van der Waals surface area (Å²) in [5, 5.41) is 12.0. The van der Waals surface area contributed by atoms with Crippen LogP contribution < -0.4 is 10.1 Å². The molecule has 0 aliphatic rings. The zero-order valence-electron chi connectivity index (χ0n) is 10.9. The minimum atomic E-state index is -0.145. The van der Waals surface area contributed by atoms with Crippen LogP contribution in [0, 0.1) is 0 Å². The highest BCUT2D eigenvalue weighted by Gasteiger charge is 2.08. The van der Waals surface area contributed by atoms with Crippen LogP contribution in [0.25, 0.3) is 0 Å². The highest BCUT2D eigenvalue weighted by Crippen LogP contribution is 2.24. The SMILES string of the molecule is COc1ccc(NC(=O)Cc2ccc(Cl)s2)cc1CO. The van der Waals surface area contributed by atoms with Crippen molar-refractivity contribution in [2.45, 2.75) is 13.0 Å². The Labute approximate surface area is 126 Å². The van der Waals surface area contributed by atoms with Crippen molar-refractivity contribution in [3.8, 4) is 5.75 Å². The monoisotopic (exact) mass is 311 g/mol. The Bertz CT molecular complexity index is 612. The first-order chi connectivity index (χ1) is 9.62. The van der Waals surface area contributed by atoms with E-state index in [0.717, 1.165) is 4.88 Å². The normalized spacial score (nSPS) is 10.3. The van der Waals surface area contributed by atoms with Crippen LogP contribution in [-0.4, -0.2) is 18.1 Å². The van der Waals surface area contributed by atoms with Gasteiger partial charge < -0.3 is 15.2 Å². The molecule has 106 valence electrons. The van der Waals surface area contributed by atoms with Gasteiger partial charge in [-0.25, -0.2) is 0 Å². The predicted octanol–water partition coefficient (Wildman–Crippen LogP) is 3.08. The first kappa shape index (κ1) is 14.8. The van der Waals surface area contributed by atoms with Gasteiger partial charge in [-0.1, -0.05) is 11.6 Å². The Morgan fingerprint density at radius 2 is 2.20 bits per heavy atom. The van der Waals surface area contributed by atoms with Gasteiger partial charge in [0.05, 0.1) is 24.5 Å². The fraction of sp³-hybridized carbons (Fsp3) is 0.214. The fourth-order valence-corrected chi connectivity index (χ4v) is 2.88. The van der Waals surface area contributed by atoms with Gasteiger partial charge in [0.15, 0.2) is 0 Å². The minimum Gasteiger partial charge on any atom is -0.496 e. The number of carbonyl (C=O) groups is 1. The maximum atomic E-state index is 11.9. The number of amides is 1. The molecule has 1 aromatic carbocycles. The molecule has 4 nitrogen and oxygen atoms in total. The van der Waals surface area contributed by atoms with E-state index >= 15 is 0 Å². The van der Waals surface area contributed by atoms with Gasteiger partial charge in [0.1, 0.15) is 5.75 Å². The second-order valence-electron chi connectivity index (χ2n) is 4.12. The van der Waals surface area contributed by atoms with Crippen molar-refractivity contribution in [2.24, 2.45) is 0 Å². The number of nitrogens with one attached hydrogen (secondary N) is 1. The summed E-state index contributed by atoms with van der Waals surface area (Å²) in [6, 6.07) is 8.74. The summed E-state index contributed by atoms with van der Waals surface area (Å²) in [5.74, 6) is 0.466. The maximum Gasteiger partial charge on any atom is 0.229 e. The van der Waals surface area contributed by atoms with Crippen LogP contribution in [0.15, 0.2) is 30.3 Å². The van der Waals surface area contributed by atoms with Gasteiger partial charge >= 0.3 is 0 Å². The van der Waals surface area contributed by atoms with Crippen LogP contribution in [0.3, 0.4) is 0 Å². The van der Waals surface area contributed by atoms with Crippen LogP contribution in [0.2, 0.25) is 4.34 Å². The molecule has 0 radical (unpaired) electrons. The molecule has 0 fully saturated rings. The predicted molar refractivity (Wildman–Crippen MR) is 80.6 cm³/mol. The first-order valence-electron chi connectivity index (χ1n) is 5.94. The summed E-state index contributed by atoms with van der Waals surface area (Å²) in [5.41, 5.74) is 1.26. The molecule has 0 atom stereocenters. The van der Waals surface area contributed by atoms with Gasteiger partial charge in [-0.3, -0.25) is 4.79 Å². The molecule has 0 spiro atoms. The molecule has 0 aliphatic carbocycles. The highest BCUT2D eigenvalue weighted by atomic mass is 35.5. The molecule has 0 bridgehead atoms. The third kappa shape index (κ3) is 3.72. The lowest BCUT2D eigenvalue weighted by molar-refractivity contribution is -0.115. The number of thiophene rings is 1. The number of aliphatic hydroxyl groups excluding tert-OH is 1. The fourth-order valence-electron chi connectivity index (χ4n) is 1.79. The number of ether oxygens (including phenoxy) is 1. The Morgan fingerprint density at radius 1 is 1.40 bits per heavy atom. The van der Waals surface area contributed by atoms with Crippen molar-refractivity contribution in [1.29, 1.82) is 0 Å². The number of methoxy groups -OCH3 is 1. The smallest absolute Gasteiger partial charge is 0.229 e. The van der Waals surface area contributed by atoms with Gasteiger partial charge in [0, 0.05) is 16.1 Å². The zero-order valence-corrected chi connectivity index (χ0v) is 12.4. The molecular formula is C14H14ClNO3S. The van der Waals surface area contributed by atoms with Crippen molar-refractivity contribution in [1.82, 2.24) is 0 Å². The second-order valence-corrected chi connectivity index (χ2v) is 5.92. The summed E-state index contributed by atoms with van der Waals surface area (Å²) in [6.07, 6.45) is 0.276. The number of hydrogen-bond acceptors (Lipinski definition) is 4.